The Morgan fingerprint density at radius 2 is 2.16 bits per heavy atom. The smallest absolute Gasteiger partial charge is 0.312 e. The van der Waals surface area contributed by atoms with Crippen LogP contribution in [0.5, 0.6) is 11.5 Å². The fourth-order valence-electron chi connectivity index (χ4n) is 1.83. The zero-order chi connectivity index (χ0) is 13.6. The van der Waals surface area contributed by atoms with Gasteiger partial charge in [-0.1, -0.05) is 11.6 Å². The van der Waals surface area contributed by atoms with Crippen LogP contribution in [0, 0.1) is 5.92 Å². The maximum absolute atomic E-state index is 11.6. The van der Waals surface area contributed by atoms with Gasteiger partial charge in [0.05, 0.1) is 10.9 Å². The van der Waals surface area contributed by atoms with Crippen LogP contribution in [0.25, 0.3) is 0 Å². The lowest BCUT2D eigenvalue weighted by Crippen LogP contribution is -2.10. The number of carbonyl (C=O) groups is 1. The molecule has 0 aromatic heterocycles. The lowest BCUT2D eigenvalue weighted by Gasteiger charge is -2.07. The average molecular weight is 324 g/mol. The minimum atomic E-state index is -0.969. The van der Waals surface area contributed by atoms with Crippen molar-refractivity contribution in [2.45, 2.75) is 17.4 Å². The minimum absolute atomic E-state index is 0.0928. The summed E-state index contributed by atoms with van der Waals surface area (Å²) in [7, 11) is 0. The van der Waals surface area contributed by atoms with E-state index in [0.717, 1.165) is 5.56 Å². The summed E-state index contributed by atoms with van der Waals surface area (Å²) in [5.74, 6) is 0.215. The zero-order valence-electron chi connectivity index (χ0n) is 9.62. The quantitative estimate of drug-likeness (QED) is 0.632. The monoisotopic (exact) mass is 322 g/mol. The van der Waals surface area contributed by atoms with Crippen molar-refractivity contribution in [1.82, 2.24) is 0 Å². The number of esters is 1. The SMILES string of the molecule is O=C(OCc1cc(Cl)c2c(c1)OCO2)C1CC1(Cl)Cl. The van der Waals surface area contributed by atoms with E-state index in [1.807, 2.05) is 0 Å². The molecular weight excluding hydrogens is 314 g/mol. The molecule has 1 aromatic rings. The van der Waals surface area contributed by atoms with Crippen LogP contribution in [0.1, 0.15) is 12.0 Å². The highest BCUT2D eigenvalue weighted by Crippen LogP contribution is 2.53. The Balaban J connectivity index is 1.65. The molecule has 4 nitrogen and oxygen atoms in total. The van der Waals surface area contributed by atoms with Gasteiger partial charge in [-0.3, -0.25) is 4.79 Å². The molecule has 0 spiro atoms. The van der Waals surface area contributed by atoms with Gasteiger partial charge >= 0.3 is 5.97 Å². The van der Waals surface area contributed by atoms with Crippen molar-refractivity contribution in [1.29, 1.82) is 0 Å². The van der Waals surface area contributed by atoms with E-state index in [1.165, 1.54) is 0 Å². The third-order valence-electron chi connectivity index (χ3n) is 2.98. The second-order valence-electron chi connectivity index (χ2n) is 4.44. The summed E-state index contributed by atoms with van der Waals surface area (Å²) in [5.41, 5.74) is 0.720. The van der Waals surface area contributed by atoms with E-state index in [0.29, 0.717) is 22.9 Å². The van der Waals surface area contributed by atoms with Gasteiger partial charge in [-0.2, -0.15) is 0 Å². The van der Waals surface area contributed by atoms with Gasteiger partial charge in [-0.05, 0) is 24.1 Å². The average Bonchev–Trinajstić information content (AvgIpc) is 2.77. The van der Waals surface area contributed by atoms with Gasteiger partial charge in [0.15, 0.2) is 11.5 Å². The van der Waals surface area contributed by atoms with Crippen molar-refractivity contribution < 1.29 is 19.0 Å². The normalized spacial score (nSPS) is 22.2. The van der Waals surface area contributed by atoms with Gasteiger partial charge in [-0.15, -0.1) is 23.2 Å². The van der Waals surface area contributed by atoms with Crippen LogP contribution in [-0.4, -0.2) is 17.1 Å². The summed E-state index contributed by atoms with van der Waals surface area (Å²) in [6.07, 6.45) is 0.427. The third-order valence-corrected chi connectivity index (χ3v) is 4.09. The van der Waals surface area contributed by atoms with Crippen LogP contribution in [0.3, 0.4) is 0 Å². The fraction of sp³-hybridized carbons (Fsp3) is 0.417. The van der Waals surface area contributed by atoms with Crippen molar-refractivity contribution in [2.75, 3.05) is 6.79 Å². The summed E-state index contributed by atoms with van der Waals surface area (Å²) in [6, 6.07) is 3.40. The third kappa shape index (κ3) is 2.57. The Kier molecular flexibility index (Phi) is 3.20. The Bertz CT molecular complexity index is 544. The lowest BCUT2D eigenvalue weighted by molar-refractivity contribution is -0.146. The molecule has 7 heteroatoms. The molecule has 19 heavy (non-hydrogen) atoms. The number of fused-ring (bicyclic) bond motifs is 1. The van der Waals surface area contributed by atoms with Gasteiger partial charge in [0.25, 0.3) is 0 Å². The molecule has 1 aliphatic carbocycles. The van der Waals surface area contributed by atoms with E-state index in [9.17, 15) is 4.79 Å². The first-order chi connectivity index (χ1) is 8.97. The summed E-state index contributed by atoms with van der Waals surface area (Å²) in [5, 5.41) is 0.427. The van der Waals surface area contributed by atoms with E-state index in [1.54, 1.807) is 12.1 Å². The van der Waals surface area contributed by atoms with Crippen LogP contribution in [0.4, 0.5) is 0 Å². The Hall–Kier alpha value is -0.840. The van der Waals surface area contributed by atoms with Crippen LogP contribution >= 0.6 is 34.8 Å². The Morgan fingerprint density at radius 1 is 1.42 bits per heavy atom. The van der Waals surface area contributed by atoms with Gasteiger partial charge in [0, 0.05) is 0 Å². The number of alkyl halides is 2. The second-order valence-corrected chi connectivity index (χ2v) is 6.39. The van der Waals surface area contributed by atoms with Gasteiger partial charge < -0.3 is 14.2 Å². The maximum atomic E-state index is 11.6. The molecule has 1 saturated carbocycles. The van der Waals surface area contributed by atoms with Gasteiger partial charge in [0.2, 0.25) is 6.79 Å². The van der Waals surface area contributed by atoms with Gasteiger partial charge in [0.1, 0.15) is 10.9 Å². The predicted molar refractivity (Wildman–Crippen MR) is 69.9 cm³/mol. The summed E-state index contributed by atoms with van der Waals surface area (Å²) in [6.45, 7) is 0.233. The first-order valence-electron chi connectivity index (χ1n) is 5.60. The molecule has 0 N–H and O–H groups in total. The molecule has 1 atom stereocenters. The molecule has 3 rings (SSSR count). The highest BCUT2D eigenvalue weighted by atomic mass is 35.5. The van der Waals surface area contributed by atoms with Crippen molar-refractivity contribution >= 4 is 40.8 Å². The fourth-order valence-corrected chi connectivity index (χ4v) is 2.60. The van der Waals surface area contributed by atoms with Crippen LogP contribution < -0.4 is 9.47 Å². The van der Waals surface area contributed by atoms with E-state index < -0.39 is 16.2 Å². The molecule has 1 heterocycles. The number of hydrogen-bond acceptors (Lipinski definition) is 4. The van der Waals surface area contributed by atoms with E-state index >= 15 is 0 Å². The number of hydrogen-bond donors (Lipinski definition) is 0. The molecule has 0 radical (unpaired) electrons. The lowest BCUT2D eigenvalue weighted by atomic mass is 10.2. The highest BCUT2D eigenvalue weighted by Gasteiger charge is 2.57. The van der Waals surface area contributed by atoms with E-state index in [2.05, 4.69) is 0 Å². The molecule has 1 aromatic carbocycles. The van der Waals surface area contributed by atoms with Crippen LogP contribution in [-0.2, 0) is 16.1 Å². The summed E-state index contributed by atoms with van der Waals surface area (Å²) in [4.78, 5) is 11.6. The van der Waals surface area contributed by atoms with Crippen molar-refractivity contribution in [3.63, 3.8) is 0 Å². The minimum Gasteiger partial charge on any atom is -0.461 e. The number of ether oxygens (including phenoxy) is 3. The number of rotatable bonds is 3. The summed E-state index contributed by atoms with van der Waals surface area (Å²) < 4.78 is 14.6. The molecule has 1 aliphatic heterocycles. The van der Waals surface area contributed by atoms with Gasteiger partial charge in [-0.25, -0.2) is 0 Å². The van der Waals surface area contributed by atoms with Crippen molar-refractivity contribution in [2.24, 2.45) is 5.92 Å². The number of carbonyl (C=O) groups excluding carboxylic acids is 1. The first kappa shape index (κ1) is 13.2. The molecule has 1 unspecified atom stereocenters. The topological polar surface area (TPSA) is 44.8 Å². The number of halogens is 3. The molecular formula is C12H9Cl3O4. The Labute approximate surface area is 124 Å². The number of benzene rings is 1. The van der Waals surface area contributed by atoms with E-state index in [4.69, 9.17) is 49.0 Å². The standard InChI is InChI=1S/C12H9Cl3O4/c13-8-1-6(2-9-10(8)19-5-18-9)4-17-11(16)7-3-12(7,14)15/h1-2,7H,3-5H2. The van der Waals surface area contributed by atoms with Crippen molar-refractivity contribution in [3.8, 4) is 11.5 Å². The zero-order valence-corrected chi connectivity index (χ0v) is 11.9. The molecule has 0 saturated heterocycles. The van der Waals surface area contributed by atoms with Crippen LogP contribution in [0.15, 0.2) is 12.1 Å². The maximum Gasteiger partial charge on any atom is 0.312 e. The molecule has 0 amide bonds. The van der Waals surface area contributed by atoms with Crippen LogP contribution in [0.2, 0.25) is 5.02 Å². The van der Waals surface area contributed by atoms with Crippen molar-refractivity contribution in [3.05, 3.63) is 22.7 Å². The second kappa shape index (κ2) is 4.62. The largest absolute Gasteiger partial charge is 0.461 e. The Morgan fingerprint density at radius 3 is 2.84 bits per heavy atom. The highest BCUT2D eigenvalue weighted by molar-refractivity contribution is 6.52. The molecule has 0 bridgehead atoms. The molecule has 1 fully saturated rings. The summed E-state index contributed by atoms with van der Waals surface area (Å²) >= 11 is 17.6. The van der Waals surface area contributed by atoms with E-state index in [-0.39, 0.29) is 13.4 Å². The first-order valence-corrected chi connectivity index (χ1v) is 6.73. The molecule has 2 aliphatic rings. The predicted octanol–water partition coefficient (Wildman–Crippen LogP) is 3.31. The molecule has 102 valence electrons.